The highest BCUT2D eigenvalue weighted by molar-refractivity contribution is 6.10. The van der Waals surface area contributed by atoms with Gasteiger partial charge in [0.05, 0.1) is 28.6 Å². The Morgan fingerprint density at radius 2 is 1.89 bits per heavy atom. The number of aryl methyl sites for hydroxylation is 1. The number of carbonyl (C=O) groups is 1. The molecule has 0 unspecified atom stereocenters. The van der Waals surface area contributed by atoms with Crippen LogP contribution >= 0.6 is 0 Å². The van der Waals surface area contributed by atoms with Crippen LogP contribution in [0.2, 0.25) is 0 Å². The summed E-state index contributed by atoms with van der Waals surface area (Å²) in [6, 6.07) is 3.73. The lowest BCUT2D eigenvalue weighted by atomic mass is 10.2. The Morgan fingerprint density at radius 1 is 1.15 bits per heavy atom. The van der Waals surface area contributed by atoms with Crippen molar-refractivity contribution in [2.45, 2.75) is 12.8 Å². The van der Waals surface area contributed by atoms with Gasteiger partial charge >= 0.3 is 5.69 Å². The molecule has 9 nitrogen and oxygen atoms in total. The van der Waals surface area contributed by atoms with Crippen molar-refractivity contribution >= 4 is 34.0 Å². The molecule has 9 heteroatoms. The molecule has 1 saturated heterocycles. The van der Waals surface area contributed by atoms with Crippen LogP contribution in [-0.4, -0.2) is 43.1 Å². The standard InChI is InChI=1S/C18H19N7O2/c1-23-6-7-25-17(23)11(10-19-25)16(26)20-14-8-12-13(22-18(27)21-12)9-15(14)24-4-2-3-5-24/h6-10H,2-5H2,1H3,(H,20,26)(H2,21,22,27). The predicted molar refractivity (Wildman–Crippen MR) is 102 cm³/mol. The number of nitrogens with zero attached hydrogens (tertiary/aromatic N) is 4. The van der Waals surface area contributed by atoms with E-state index in [1.54, 1.807) is 16.9 Å². The fraction of sp³-hybridized carbons (Fsp3) is 0.278. The minimum Gasteiger partial charge on any atom is -0.370 e. The topological polar surface area (TPSA) is 103 Å². The molecule has 0 aliphatic carbocycles. The number of rotatable bonds is 3. The van der Waals surface area contributed by atoms with E-state index in [9.17, 15) is 9.59 Å². The van der Waals surface area contributed by atoms with Crippen LogP contribution in [0.15, 0.2) is 35.5 Å². The molecule has 1 aromatic carbocycles. The van der Waals surface area contributed by atoms with Gasteiger partial charge in [0.25, 0.3) is 5.91 Å². The van der Waals surface area contributed by atoms with E-state index in [4.69, 9.17) is 0 Å². The fourth-order valence-electron chi connectivity index (χ4n) is 3.79. The highest BCUT2D eigenvalue weighted by Crippen LogP contribution is 2.32. The van der Waals surface area contributed by atoms with Crippen molar-refractivity contribution in [3.63, 3.8) is 0 Å². The summed E-state index contributed by atoms with van der Waals surface area (Å²) in [5, 5.41) is 7.24. The van der Waals surface area contributed by atoms with Gasteiger partial charge < -0.3 is 24.8 Å². The Morgan fingerprint density at radius 3 is 2.67 bits per heavy atom. The zero-order valence-electron chi connectivity index (χ0n) is 14.8. The van der Waals surface area contributed by atoms with Gasteiger partial charge in [-0.05, 0) is 25.0 Å². The second kappa shape index (κ2) is 5.76. The fourth-order valence-corrected chi connectivity index (χ4v) is 3.79. The third-order valence-corrected chi connectivity index (χ3v) is 5.11. The van der Waals surface area contributed by atoms with E-state index < -0.39 is 0 Å². The lowest BCUT2D eigenvalue weighted by molar-refractivity contribution is 0.102. The molecule has 4 aromatic rings. The average molecular weight is 365 g/mol. The van der Waals surface area contributed by atoms with Crippen molar-refractivity contribution < 1.29 is 4.79 Å². The Balaban J connectivity index is 1.58. The van der Waals surface area contributed by atoms with E-state index in [1.807, 2.05) is 29.9 Å². The Bertz CT molecular complexity index is 1220. The number of hydrogen-bond acceptors (Lipinski definition) is 4. The summed E-state index contributed by atoms with van der Waals surface area (Å²) in [4.78, 5) is 32.4. The van der Waals surface area contributed by atoms with Crippen LogP contribution in [0.5, 0.6) is 0 Å². The van der Waals surface area contributed by atoms with Gasteiger partial charge in [0.15, 0.2) is 0 Å². The molecule has 0 spiro atoms. The van der Waals surface area contributed by atoms with Crippen molar-refractivity contribution in [3.05, 3.63) is 46.8 Å². The smallest absolute Gasteiger partial charge is 0.323 e. The lowest BCUT2D eigenvalue weighted by Crippen LogP contribution is -2.21. The first-order valence-corrected chi connectivity index (χ1v) is 8.91. The Kier molecular flexibility index (Phi) is 3.36. The zero-order chi connectivity index (χ0) is 18.5. The summed E-state index contributed by atoms with van der Waals surface area (Å²) in [5.74, 6) is -0.232. The van der Waals surface area contributed by atoms with Crippen LogP contribution < -0.4 is 15.9 Å². The first kappa shape index (κ1) is 15.7. The molecule has 1 fully saturated rings. The summed E-state index contributed by atoms with van der Waals surface area (Å²) in [5.41, 5.74) is 3.96. The highest BCUT2D eigenvalue weighted by atomic mass is 16.2. The van der Waals surface area contributed by atoms with Crippen molar-refractivity contribution in [2.24, 2.45) is 7.05 Å². The van der Waals surface area contributed by atoms with Gasteiger partial charge in [-0.2, -0.15) is 5.10 Å². The molecule has 3 aromatic heterocycles. The second-order valence-corrected chi connectivity index (χ2v) is 6.88. The Labute approximate surface area is 153 Å². The maximum Gasteiger partial charge on any atom is 0.323 e. The summed E-state index contributed by atoms with van der Waals surface area (Å²) in [7, 11) is 1.88. The van der Waals surface area contributed by atoms with E-state index in [0.29, 0.717) is 16.8 Å². The van der Waals surface area contributed by atoms with Gasteiger partial charge in [-0.3, -0.25) is 4.79 Å². The SMILES string of the molecule is Cn1ccn2ncc(C(=O)Nc3cc4[nH]c(=O)[nH]c4cc3N3CCCC3)c12. The maximum atomic E-state index is 13.0. The number of imidazole rings is 2. The van der Waals surface area contributed by atoms with Gasteiger partial charge in [0, 0.05) is 32.5 Å². The molecule has 0 bridgehead atoms. The maximum absolute atomic E-state index is 13.0. The molecular formula is C18H19N7O2. The largest absolute Gasteiger partial charge is 0.370 e. The molecule has 1 aliphatic rings. The molecule has 0 saturated carbocycles. The van der Waals surface area contributed by atoms with Crippen molar-refractivity contribution in [2.75, 3.05) is 23.3 Å². The zero-order valence-corrected chi connectivity index (χ0v) is 14.8. The number of hydrogen-bond donors (Lipinski definition) is 3. The van der Waals surface area contributed by atoms with Crippen molar-refractivity contribution in [1.29, 1.82) is 0 Å². The molecule has 0 radical (unpaired) electrons. The summed E-state index contributed by atoms with van der Waals surface area (Å²) in [6.45, 7) is 1.86. The molecule has 27 heavy (non-hydrogen) atoms. The van der Waals surface area contributed by atoms with Gasteiger partial charge in [0.2, 0.25) is 0 Å². The van der Waals surface area contributed by atoms with Crippen LogP contribution in [0.25, 0.3) is 16.7 Å². The summed E-state index contributed by atoms with van der Waals surface area (Å²) in [6.07, 6.45) is 7.45. The van der Waals surface area contributed by atoms with E-state index in [1.165, 1.54) is 0 Å². The van der Waals surface area contributed by atoms with E-state index in [2.05, 4.69) is 25.3 Å². The number of anilines is 2. The average Bonchev–Trinajstić information content (AvgIpc) is 3.39. The van der Waals surface area contributed by atoms with Crippen molar-refractivity contribution in [1.82, 2.24) is 24.1 Å². The third-order valence-electron chi connectivity index (χ3n) is 5.11. The van der Waals surface area contributed by atoms with Crippen molar-refractivity contribution in [3.8, 4) is 0 Å². The first-order chi connectivity index (χ1) is 13.1. The number of amides is 1. The molecule has 5 rings (SSSR count). The number of fused-ring (bicyclic) bond motifs is 2. The normalized spacial score (nSPS) is 14.5. The summed E-state index contributed by atoms with van der Waals surface area (Å²) >= 11 is 0. The molecule has 1 aliphatic heterocycles. The third kappa shape index (κ3) is 2.50. The first-order valence-electron chi connectivity index (χ1n) is 8.91. The van der Waals surface area contributed by atoms with Crippen LogP contribution in [0.4, 0.5) is 11.4 Å². The molecule has 3 N–H and O–H groups in total. The van der Waals surface area contributed by atoms with E-state index >= 15 is 0 Å². The van der Waals surface area contributed by atoms with E-state index in [0.717, 1.165) is 42.8 Å². The highest BCUT2D eigenvalue weighted by Gasteiger charge is 2.21. The van der Waals surface area contributed by atoms with Crippen LogP contribution in [0.1, 0.15) is 23.2 Å². The quantitative estimate of drug-likeness (QED) is 0.514. The van der Waals surface area contributed by atoms with E-state index in [-0.39, 0.29) is 11.6 Å². The monoisotopic (exact) mass is 365 g/mol. The molecule has 4 heterocycles. The predicted octanol–water partition coefficient (Wildman–Crippen LogP) is 1.69. The number of aromatic nitrogens is 5. The van der Waals surface area contributed by atoms with Crippen LogP contribution in [0.3, 0.4) is 0 Å². The molecular weight excluding hydrogens is 346 g/mol. The second-order valence-electron chi connectivity index (χ2n) is 6.88. The number of H-pyrrole nitrogens is 2. The van der Waals surface area contributed by atoms with Gasteiger partial charge in [-0.15, -0.1) is 0 Å². The lowest BCUT2D eigenvalue weighted by Gasteiger charge is -2.21. The minimum absolute atomic E-state index is 0.232. The molecule has 0 atom stereocenters. The van der Waals surface area contributed by atoms with Crippen LogP contribution in [0, 0.1) is 0 Å². The summed E-state index contributed by atoms with van der Waals surface area (Å²) < 4.78 is 3.53. The number of carbonyl (C=O) groups excluding carboxylic acids is 1. The molecule has 138 valence electrons. The molecule has 1 amide bonds. The number of nitrogens with one attached hydrogen (secondary N) is 3. The van der Waals surface area contributed by atoms with Gasteiger partial charge in [-0.1, -0.05) is 0 Å². The van der Waals surface area contributed by atoms with Gasteiger partial charge in [0.1, 0.15) is 11.2 Å². The van der Waals surface area contributed by atoms with Gasteiger partial charge in [-0.25, -0.2) is 9.31 Å². The Hall–Kier alpha value is -3.49. The van der Waals surface area contributed by atoms with Crippen LogP contribution in [-0.2, 0) is 7.05 Å². The number of benzene rings is 1. The number of aromatic amines is 2. The minimum atomic E-state index is -0.261.